The van der Waals surface area contributed by atoms with Crippen LogP contribution in [0.4, 0.5) is 0 Å². The molecule has 0 aliphatic heterocycles. The fourth-order valence-electron chi connectivity index (χ4n) is 5.75. The van der Waals surface area contributed by atoms with Crippen molar-refractivity contribution in [3.8, 4) is 0 Å². The summed E-state index contributed by atoms with van der Waals surface area (Å²) in [6.07, 6.45) is 11.7. The van der Waals surface area contributed by atoms with Gasteiger partial charge in [0.2, 0.25) is 0 Å². The van der Waals surface area contributed by atoms with E-state index in [4.69, 9.17) is 14.3 Å². The lowest BCUT2D eigenvalue weighted by Crippen LogP contribution is -2.45. The van der Waals surface area contributed by atoms with Gasteiger partial charge in [0.15, 0.2) is 0 Å². The van der Waals surface area contributed by atoms with Crippen LogP contribution in [0.1, 0.15) is 78.6 Å². The average molecular weight is 353 g/mol. The summed E-state index contributed by atoms with van der Waals surface area (Å²) in [5, 5.41) is 0. The van der Waals surface area contributed by atoms with Gasteiger partial charge in [0, 0.05) is 0 Å². The van der Waals surface area contributed by atoms with Crippen LogP contribution in [0.5, 0.6) is 0 Å². The summed E-state index contributed by atoms with van der Waals surface area (Å²) >= 11 is 0. The Hall–Kier alpha value is -1.15. The number of esters is 1. The van der Waals surface area contributed by atoms with Gasteiger partial charge in [0.25, 0.3) is 0 Å². The van der Waals surface area contributed by atoms with Gasteiger partial charge in [-0.15, -0.1) is 0 Å². The van der Waals surface area contributed by atoms with Gasteiger partial charge in [-0.2, -0.15) is 9.59 Å². The molecule has 0 saturated heterocycles. The van der Waals surface area contributed by atoms with Crippen LogP contribution in [-0.4, -0.2) is 19.2 Å². The van der Waals surface area contributed by atoms with Crippen LogP contribution < -0.4 is 0 Å². The lowest BCUT2D eigenvalue weighted by Gasteiger charge is -2.49. The summed E-state index contributed by atoms with van der Waals surface area (Å²) in [6, 6.07) is 0. The molecule has 0 aromatic heterocycles. The maximum atomic E-state index is 12.4. The Labute approximate surface area is 153 Å². The summed E-state index contributed by atoms with van der Waals surface area (Å²) in [5.41, 5.74) is 0. The summed E-state index contributed by atoms with van der Waals surface area (Å²) in [7, 11) is 1.57. The van der Waals surface area contributed by atoms with E-state index in [0.29, 0.717) is 5.92 Å². The lowest BCUT2D eigenvalue weighted by atomic mass is 9.56. The Kier molecular flexibility index (Phi) is 10.0. The van der Waals surface area contributed by atoms with E-state index in [1.807, 2.05) is 0 Å². The molecular formula is C21H36O4. The maximum absolute atomic E-state index is 12.4. The topological polar surface area (TPSA) is 60.4 Å². The van der Waals surface area contributed by atoms with Crippen LogP contribution >= 0.6 is 0 Å². The van der Waals surface area contributed by atoms with Crippen molar-refractivity contribution in [2.24, 2.45) is 35.5 Å². The highest BCUT2D eigenvalue weighted by molar-refractivity contribution is 5.72. The van der Waals surface area contributed by atoms with Crippen molar-refractivity contribution in [3.63, 3.8) is 0 Å². The van der Waals surface area contributed by atoms with Gasteiger partial charge in [0.1, 0.15) is 0 Å². The van der Waals surface area contributed by atoms with E-state index in [-0.39, 0.29) is 18.0 Å². The number of rotatable bonds is 5. The predicted octanol–water partition coefficient (Wildman–Crippen LogP) is 4.87. The summed E-state index contributed by atoms with van der Waals surface area (Å²) in [5.74, 6) is 3.86. The molecule has 0 bridgehead atoms. The van der Waals surface area contributed by atoms with Crippen molar-refractivity contribution in [2.45, 2.75) is 78.6 Å². The number of carbonyl (C=O) groups is 1. The molecular weight excluding hydrogens is 316 g/mol. The molecule has 2 rings (SSSR count). The lowest BCUT2D eigenvalue weighted by molar-refractivity contribution is -0.191. The van der Waals surface area contributed by atoms with Crippen LogP contribution in [0.2, 0.25) is 0 Å². The average Bonchev–Trinajstić information content (AvgIpc) is 2.62. The number of methoxy groups -OCH3 is 1. The molecule has 0 heterocycles. The van der Waals surface area contributed by atoms with Crippen LogP contribution in [-0.2, 0) is 19.1 Å². The Morgan fingerprint density at radius 1 is 1.00 bits per heavy atom. The molecule has 6 atom stereocenters. The molecule has 0 N–H and O–H groups in total. The molecule has 4 heteroatoms. The molecule has 2 aliphatic rings. The molecule has 144 valence electrons. The third-order valence-corrected chi connectivity index (χ3v) is 6.67. The van der Waals surface area contributed by atoms with Crippen LogP contribution in [0, 0.1) is 35.5 Å². The van der Waals surface area contributed by atoms with Gasteiger partial charge in [-0.3, -0.25) is 4.79 Å². The molecule has 2 fully saturated rings. The minimum Gasteiger partial charge on any atom is -0.469 e. The standard InChI is InChI=1S/C20H36O2.CO2/c1-5-9-16-12-8-13-17(20(21)22-4)19(16)18-14(3)10-7-11-15(18)6-2;2-1-3/h14-19H,5-13H2,1-4H3;/t14?,15?,16?,17?,18?,19-;/m0./s1. The molecule has 0 spiro atoms. The summed E-state index contributed by atoms with van der Waals surface area (Å²) in [4.78, 5) is 28.7. The third kappa shape index (κ3) is 5.67. The highest BCUT2D eigenvalue weighted by atomic mass is 16.5. The second kappa shape index (κ2) is 11.5. The minimum atomic E-state index is 0.0680. The number of ether oxygens (including phenoxy) is 1. The summed E-state index contributed by atoms with van der Waals surface area (Å²) < 4.78 is 5.20. The van der Waals surface area contributed by atoms with Crippen LogP contribution in [0.25, 0.3) is 0 Å². The quantitative estimate of drug-likeness (QED) is 0.662. The van der Waals surface area contributed by atoms with E-state index >= 15 is 0 Å². The monoisotopic (exact) mass is 352 g/mol. The minimum absolute atomic E-state index is 0.0680. The van der Waals surface area contributed by atoms with Gasteiger partial charge < -0.3 is 4.74 Å². The number of hydrogen-bond donors (Lipinski definition) is 0. The van der Waals surface area contributed by atoms with E-state index < -0.39 is 0 Å². The van der Waals surface area contributed by atoms with Crippen LogP contribution in [0.15, 0.2) is 0 Å². The van der Waals surface area contributed by atoms with Crippen LogP contribution in [0.3, 0.4) is 0 Å². The highest BCUT2D eigenvalue weighted by Crippen LogP contribution is 2.51. The molecule has 4 nitrogen and oxygen atoms in total. The van der Waals surface area contributed by atoms with Crippen molar-refractivity contribution >= 4 is 12.1 Å². The molecule has 2 aliphatic carbocycles. The maximum Gasteiger partial charge on any atom is 0.373 e. The zero-order valence-electron chi connectivity index (χ0n) is 16.5. The zero-order valence-corrected chi connectivity index (χ0v) is 16.5. The Bertz CT molecular complexity index is 426. The van der Waals surface area contributed by atoms with E-state index in [1.54, 1.807) is 7.11 Å². The molecule has 0 aromatic carbocycles. The Morgan fingerprint density at radius 3 is 2.16 bits per heavy atom. The van der Waals surface area contributed by atoms with Crippen molar-refractivity contribution in [2.75, 3.05) is 7.11 Å². The SMILES string of the molecule is CCCC1CCCC(C(=O)OC)[C@H]1C1C(C)CCCC1CC.O=C=O. The van der Waals surface area contributed by atoms with Crippen molar-refractivity contribution in [3.05, 3.63) is 0 Å². The van der Waals surface area contributed by atoms with Gasteiger partial charge in [-0.1, -0.05) is 72.1 Å². The van der Waals surface area contributed by atoms with Crippen molar-refractivity contribution in [1.82, 2.24) is 0 Å². The molecule has 0 amide bonds. The Morgan fingerprint density at radius 2 is 1.60 bits per heavy atom. The smallest absolute Gasteiger partial charge is 0.373 e. The van der Waals surface area contributed by atoms with E-state index in [9.17, 15) is 4.79 Å². The zero-order chi connectivity index (χ0) is 18.8. The van der Waals surface area contributed by atoms with E-state index in [2.05, 4.69) is 20.8 Å². The molecule has 0 aromatic rings. The number of hydrogen-bond acceptors (Lipinski definition) is 4. The molecule has 25 heavy (non-hydrogen) atoms. The Balaban J connectivity index is 0.000000970. The van der Waals surface area contributed by atoms with Gasteiger partial charge in [0.05, 0.1) is 13.0 Å². The first kappa shape index (κ1) is 21.9. The van der Waals surface area contributed by atoms with Gasteiger partial charge >= 0.3 is 12.1 Å². The van der Waals surface area contributed by atoms with E-state index in [1.165, 1.54) is 51.4 Å². The first-order chi connectivity index (χ1) is 12.0. The first-order valence-corrected chi connectivity index (χ1v) is 10.1. The second-order valence-electron chi connectivity index (χ2n) is 7.92. The molecule has 0 radical (unpaired) electrons. The second-order valence-corrected chi connectivity index (χ2v) is 7.92. The fourth-order valence-corrected chi connectivity index (χ4v) is 5.75. The van der Waals surface area contributed by atoms with E-state index in [0.717, 1.165) is 30.1 Å². The largest absolute Gasteiger partial charge is 0.469 e. The first-order valence-electron chi connectivity index (χ1n) is 10.1. The normalized spacial score (nSPS) is 35.0. The van der Waals surface area contributed by atoms with Crippen molar-refractivity contribution in [1.29, 1.82) is 0 Å². The van der Waals surface area contributed by atoms with Gasteiger partial charge in [-0.25, -0.2) is 0 Å². The highest BCUT2D eigenvalue weighted by Gasteiger charge is 2.46. The van der Waals surface area contributed by atoms with Gasteiger partial charge in [-0.05, 0) is 36.0 Å². The predicted molar refractivity (Wildman–Crippen MR) is 96.5 cm³/mol. The fraction of sp³-hybridized carbons (Fsp3) is 0.905. The molecule has 2 saturated carbocycles. The summed E-state index contributed by atoms with van der Waals surface area (Å²) in [6.45, 7) is 7.08. The molecule has 5 unspecified atom stereocenters. The number of carbonyl (C=O) groups excluding carboxylic acids is 3. The van der Waals surface area contributed by atoms with Crippen molar-refractivity contribution < 1.29 is 19.1 Å². The third-order valence-electron chi connectivity index (χ3n) is 6.67.